The number of sulfonamides is 1. The Morgan fingerprint density at radius 1 is 1.38 bits per heavy atom. The van der Waals surface area contributed by atoms with Crippen LogP contribution in [0.1, 0.15) is 13.8 Å². The third-order valence-corrected chi connectivity index (χ3v) is 2.89. The van der Waals surface area contributed by atoms with Gasteiger partial charge in [0.05, 0.1) is 18.1 Å². The summed E-state index contributed by atoms with van der Waals surface area (Å²) in [6.07, 6.45) is 2.75. The van der Waals surface area contributed by atoms with E-state index in [1.165, 1.54) is 12.4 Å². The molecule has 7 nitrogen and oxygen atoms in total. The number of nitrogens with one attached hydrogen (secondary N) is 2. The van der Waals surface area contributed by atoms with E-state index in [0.717, 1.165) is 0 Å². The van der Waals surface area contributed by atoms with Gasteiger partial charge in [-0.15, -0.1) is 5.10 Å². The van der Waals surface area contributed by atoms with E-state index in [2.05, 4.69) is 25.2 Å². The molecule has 0 fully saturated rings. The van der Waals surface area contributed by atoms with Gasteiger partial charge in [-0.05, 0) is 0 Å². The van der Waals surface area contributed by atoms with Crippen LogP contribution in [0, 0.1) is 0 Å². The Morgan fingerprint density at radius 3 is 2.69 bits per heavy atom. The van der Waals surface area contributed by atoms with Gasteiger partial charge in [0.2, 0.25) is 10.0 Å². The second-order valence-electron chi connectivity index (χ2n) is 3.50. The van der Waals surface area contributed by atoms with Crippen LogP contribution in [0.15, 0.2) is 12.4 Å². The van der Waals surface area contributed by atoms with Crippen LogP contribution in [-0.4, -0.2) is 41.9 Å². The van der Waals surface area contributed by atoms with Crippen LogP contribution in [0.25, 0.3) is 0 Å². The fourth-order valence-corrected chi connectivity index (χ4v) is 1.83. The number of hydrogen-bond donors (Lipinski definition) is 2. The number of anilines is 1. The summed E-state index contributed by atoms with van der Waals surface area (Å²) in [7, 11) is -3.41. The van der Waals surface area contributed by atoms with Gasteiger partial charge in [-0.25, -0.2) is 18.1 Å². The van der Waals surface area contributed by atoms with Crippen LogP contribution < -0.4 is 10.0 Å². The Balaban J connectivity index is 2.46. The van der Waals surface area contributed by atoms with Crippen molar-refractivity contribution < 1.29 is 8.42 Å². The molecule has 0 atom stereocenters. The number of rotatable bonds is 6. The molecule has 0 aliphatic rings. The summed E-state index contributed by atoms with van der Waals surface area (Å²) in [4.78, 5) is 3.72. The van der Waals surface area contributed by atoms with Crippen molar-refractivity contribution in [1.82, 2.24) is 20.5 Å². The zero-order valence-corrected chi connectivity index (χ0v) is 10.0. The highest BCUT2D eigenvalue weighted by molar-refractivity contribution is 7.92. The Morgan fingerprint density at radius 2 is 2.12 bits per heavy atom. The minimum atomic E-state index is -3.41. The zero-order valence-electron chi connectivity index (χ0n) is 9.21. The molecule has 0 unspecified atom stereocenters. The minimum absolute atomic E-state index is 0.00736. The van der Waals surface area contributed by atoms with Crippen LogP contribution in [0.3, 0.4) is 0 Å². The van der Waals surface area contributed by atoms with Crippen LogP contribution in [-0.2, 0) is 10.0 Å². The maximum atomic E-state index is 11.5. The second-order valence-corrected chi connectivity index (χ2v) is 5.34. The molecule has 90 valence electrons. The first-order valence-electron chi connectivity index (χ1n) is 4.87. The lowest BCUT2D eigenvalue weighted by atomic mass is 10.4. The molecule has 16 heavy (non-hydrogen) atoms. The van der Waals surface area contributed by atoms with Crippen molar-refractivity contribution in [2.45, 2.75) is 19.9 Å². The number of hydrogen-bond acceptors (Lipinski definition) is 6. The third-order valence-electron chi connectivity index (χ3n) is 1.65. The summed E-state index contributed by atoms with van der Waals surface area (Å²) < 4.78 is 25.3. The van der Waals surface area contributed by atoms with Gasteiger partial charge in [-0.2, -0.15) is 5.10 Å². The third kappa shape index (κ3) is 4.99. The summed E-state index contributed by atoms with van der Waals surface area (Å²) in [5, 5.41) is 10.1. The molecule has 0 saturated heterocycles. The molecular formula is C8H15N5O2S. The molecular weight excluding hydrogens is 230 g/mol. The van der Waals surface area contributed by atoms with Gasteiger partial charge >= 0.3 is 0 Å². The summed E-state index contributed by atoms with van der Waals surface area (Å²) >= 11 is 0. The topological polar surface area (TPSA) is 96.9 Å². The van der Waals surface area contributed by atoms with E-state index in [1.807, 2.05) is 13.8 Å². The minimum Gasteiger partial charge on any atom is -0.313 e. The molecule has 8 heteroatoms. The van der Waals surface area contributed by atoms with Crippen LogP contribution >= 0.6 is 0 Å². The van der Waals surface area contributed by atoms with Gasteiger partial charge in [0.15, 0.2) is 0 Å². The molecule has 2 N–H and O–H groups in total. The Hall–Kier alpha value is -1.28. The molecule has 1 heterocycles. The van der Waals surface area contributed by atoms with E-state index in [0.29, 0.717) is 6.54 Å². The summed E-state index contributed by atoms with van der Waals surface area (Å²) in [6.45, 7) is 4.28. The lowest BCUT2D eigenvalue weighted by molar-refractivity contribution is 0.581. The Kier molecular flexibility index (Phi) is 4.56. The van der Waals surface area contributed by atoms with Gasteiger partial charge in [0, 0.05) is 12.6 Å². The average molecular weight is 245 g/mol. The highest BCUT2D eigenvalue weighted by Gasteiger charge is 2.11. The van der Waals surface area contributed by atoms with Crippen LogP contribution in [0.5, 0.6) is 0 Å². The van der Waals surface area contributed by atoms with E-state index in [1.54, 1.807) is 0 Å². The zero-order chi connectivity index (χ0) is 12.0. The molecule has 1 rings (SSSR count). The van der Waals surface area contributed by atoms with E-state index in [4.69, 9.17) is 0 Å². The highest BCUT2D eigenvalue weighted by Crippen LogP contribution is 1.97. The first kappa shape index (κ1) is 12.8. The van der Waals surface area contributed by atoms with Crippen molar-refractivity contribution in [3.05, 3.63) is 12.4 Å². The predicted octanol–water partition coefficient (Wildman–Crippen LogP) is -0.389. The second kappa shape index (κ2) is 5.71. The van der Waals surface area contributed by atoms with E-state index in [9.17, 15) is 8.42 Å². The summed E-state index contributed by atoms with van der Waals surface area (Å²) in [5.74, 6) is -0.0317. The molecule has 1 aromatic rings. The highest BCUT2D eigenvalue weighted by atomic mass is 32.2. The van der Waals surface area contributed by atoms with Crippen molar-refractivity contribution in [2.75, 3.05) is 17.0 Å². The molecule has 0 spiro atoms. The number of aromatic nitrogens is 3. The molecule has 0 bridgehead atoms. The Labute approximate surface area is 94.7 Å². The quantitative estimate of drug-likeness (QED) is 0.708. The fourth-order valence-electron chi connectivity index (χ4n) is 0.966. The number of nitrogens with zero attached hydrogens (tertiary/aromatic N) is 3. The molecule has 0 aromatic carbocycles. The van der Waals surface area contributed by atoms with Gasteiger partial charge in [-0.3, -0.25) is 0 Å². The lowest BCUT2D eigenvalue weighted by Crippen LogP contribution is -2.31. The smallest absolute Gasteiger partial charge is 0.256 e. The SMILES string of the molecule is CC(C)NCCS(=O)(=O)Nc1nccnn1. The fraction of sp³-hybridized carbons (Fsp3) is 0.625. The summed E-state index contributed by atoms with van der Waals surface area (Å²) in [6, 6.07) is 0.254. The van der Waals surface area contributed by atoms with Crippen molar-refractivity contribution in [1.29, 1.82) is 0 Å². The average Bonchev–Trinajstić information content (AvgIpc) is 2.17. The molecule has 0 radical (unpaired) electrons. The first-order chi connectivity index (χ1) is 7.49. The van der Waals surface area contributed by atoms with Gasteiger partial charge in [0.1, 0.15) is 0 Å². The van der Waals surface area contributed by atoms with Crippen LogP contribution in [0.2, 0.25) is 0 Å². The molecule has 0 saturated carbocycles. The maximum Gasteiger partial charge on any atom is 0.256 e. The van der Waals surface area contributed by atoms with Crippen molar-refractivity contribution >= 4 is 16.0 Å². The predicted molar refractivity (Wildman–Crippen MR) is 60.4 cm³/mol. The molecule has 1 aromatic heterocycles. The van der Waals surface area contributed by atoms with Crippen molar-refractivity contribution in [2.24, 2.45) is 0 Å². The van der Waals surface area contributed by atoms with Gasteiger partial charge < -0.3 is 5.32 Å². The molecule has 0 aliphatic heterocycles. The largest absolute Gasteiger partial charge is 0.313 e. The standard InChI is InChI=1S/C8H15N5O2S/c1-7(2)9-5-6-16(14,15)13-8-10-3-4-11-12-8/h3-4,7,9H,5-6H2,1-2H3,(H,10,12,13). The van der Waals surface area contributed by atoms with Gasteiger partial charge in [-0.1, -0.05) is 13.8 Å². The molecule has 0 amide bonds. The van der Waals surface area contributed by atoms with E-state index < -0.39 is 10.0 Å². The normalized spacial score (nSPS) is 11.7. The van der Waals surface area contributed by atoms with Crippen molar-refractivity contribution in [3.63, 3.8) is 0 Å². The monoisotopic (exact) mass is 245 g/mol. The lowest BCUT2D eigenvalue weighted by Gasteiger charge is -2.08. The van der Waals surface area contributed by atoms with Gasteiger partial charge in [0.25, 0.3) is 5.95 Å². The van der Waals surface area contributed by atoms with Crippen LogP contribution in [0.4, 0.5) is 5.95 Å². The maximum absolute atomic E-state index is 11.5. The van der Waals surface area contributed by atoms with Crippen molar-refractivity contribution in [3.8, 4) is 0 Å². The Bertz CT molecular complexity index is 406. The first-order valence-corrected chi connectivity index (χ1v) is 6.52. The van der Waals surface area contributed by atoms with E-state index in [-0.39, 0.29) is 17.7 Å². The molecule has 0 aliphatic carbocycles. The summed E-state index contributed by atoms with van der Waals surface area (Å²) in [5.41, 5.74) is 0. The van der Waals surface area contributed by atoms with E-state index >= 15 is 0 Å².